The Balaban J connectivity index is 1.85. The predicted octanol–water partition coefficient (Wildman–Crippen LogP) is 4.29. The number of nitrogens with zero attached hydrogens (tertiary/aromatic N) is 2. The van der Waals surface area contributed by atoms with Crippen LogP contribution in [-0.2, 0) is 11.3 Å². The Morgan fingerprint density at radius 2 is 1.94 bits per heavy atom. The Labute approximate surface area is 199 Å². The number of H-pyrrole nitrogens is 1. The first-order valence-electron chi connectivity index (χ1n) is 11.4. The third kappa shape index (κ3) is 6.86. The molecule has 8 heteroatoms. The lowest BCUT2D eigenvalue weighted by molar-refractivity contribution is -0.0103. The first kappa shape index (κ1) is 25.4. The summed E-state index contributed by atoms with van der Waals surface area (Å²) in [6.45, 7) is 10.2. The second kappa shape index (κ2) is 11.7. The number of hydrogen-bond acceptors (Lipinski definition) is 7. The first-order valence-corrected chi connectivity index (χ1v) is 12.3. The van der Waals surface area contributed by atoms with Crippen molar-refractivity contribution >= 4 is 21.6 Å². The highest BCUT2D eigenvalue weighted by atomic mass is 32.1. The minimum absolute atomic E-state index is 0.0699. The van der Waals surface area contributed by atoms with Gasteiger partial charge >= 0.3 is 0 Å². The van der Waals surface area contributed by atoms with Crippen molar-refractivity contribution in [3.63, 3.8) is 0 Å². The van der Waals surface area contributed by atoms with Crippen molar-refractivity contribution in [2.24, 2.45) is 5.92 Å². The molecule has 2 N–H and O–H groups in total. The van der Waals surface area contributed by atoms with Gasteiger partial charge in [0.25, 0.3) is 5.56 Å². The van der Waals surface area contributed by atoms with Gasteiger partial charge in [0.05, 0.1) is 37.9 Å². The quantitative estimate of drug-likeness (QED) is 0.408. The number of para-hydroxylation sites is 1. The summed E-state index contributed by atoms with van der Waals surface area (Å²) in [5.41, 5.74) is 1.54. The average molecular weight is 474 g/mol. The molecule has 0 aliphatic carbocycles. The summed E-state index contributed by atoms with van der Waals surface area (Å²) >= 11 is 1.45. The van der Waals surface area contributed by atoms with Gasteiger partial charge in [-0.1, -0.05) is 32.0 Å². The lowest BCUT2D eigenvalue weighted by Crippen LogP contribution is -2.37. The van der Waals surface area contributed by atoms with Crippen molar-refractivity contribution in [3.8, 4) is 16.9 Å². The van der Waals surface area contributed by atoms with E-state index in [1.807, 2.05) is 43.5 Å². The molecular weight excluding hydrogens is 438 g/mol. The van der Waals surface area contributed by atoms with Crippen molar-refractivity contribution in [1.82, 2.24) is 14.9 Å². The van der Waals surface area contributed by atoms with Crippen LogP contribution in [0, 0.1) is 5.92 Å². The second-order valence-corrected chi connectivity index (χ2v) is 9.85. The fourth-order valence-corrected chi connectivity index (χ4v) is 4.63. The summed E-state index contributed by atoms with van der Waals surface area (Å²) < 4.78 is 11.0. The van der Waals surface area contributed by atoms with Gasteiger partial charge in [-0.15, -0.1) is 11.3 Å². The number of aromatic nitrogens is 2. The molecule has 180 valence electrons. The van der Waals surface area contributed by atoms with E-state index in [-0.39, 0.29) is 18.3 Å². The van der Waals surface area contributed by atoms with Crippen LogP contribution < -0.4 is 10.3 Å². The van der Waals surface area contributed by atoms with Gasteiger partial charge in [-0.25, -0.2) is 4.98 Å². The highest BCUT2D eigenvalue weighted by Crippen LogP contribution is 2.36. The fraction of sp³-hybridized carbons (Fsp3) is 0.520. The fourth-order valence-electron chi connectivity index (χ4n) is 3.68. The second-order valence-electron chi connectivity index (χ2n) is 9.00. The number of aliphatic hydroxyl groups excluding tert-OH is 1. The summed E-state index contributed by atoms with van der Waals surface area (Å²) in [7, 11) is 1.63. The topological polar surface area (TPSA) is 87.7 Å². The van der Waals surface area contributed by atoms with Gasteiger partial charge in [0.2, 0.25) is 0 Å². The predicted molar refractivity (Wildman–Crippen MR) is 134 cm³/mol. The van der Waals surface area contributed by atoms with Crippen LogP contribution in [0.2, 0.25) is 0 Å². The van der Waals surface area contributed by atoms with Gasteiger partial charge in [-0.05, 0) is 38.8 Å². The molecule has 7 nitrogen and oxygen atoms in total. The summed E-state index contributed by atoms with van der Waals surface area (Å²) in [6.07, 6.45) is 0.454. The summed E-state index contributed by atoms with van der Waals surface area (Å²) in [5.74, 6) is 1.85. The zero-order chi connectivity index (χ0) is 24.0. The molecule has 0 aliphatic rings. The molecule has 0 saturated heterocycles. The average Bonchev–Trinajstić information content (AvgIpc) is 3.20. The van der Waals surface area contributed by atoms with Crippen LogP contribution in [0.5, 0.6) is 5.75 Å². The normalized spacial score (nSPS) is 12.9. The van der Waals surface area contributed by atoms with Crippen LogP contribution in [0.3, 0.4) is 0 Å². The number of nitrogens with one attached hydrogen (secondary N) is 1. The monoisotopic (exact) mass is 473 g/mol. The number of aromatic amines is 1. The van der Waals surface area contributed by atoms with Gasteiger partial charge in [0.1, 0.15) is 16.4 Å². The maximum Gasteiger partial charge on any atom is 0.260 e. The molecule has 0 aliphatic heterocycles. The van der Waals surface area contributed by atoms with Crippen molar-refractivity contribution in [2.75, 3.05) is 26.8 Å². The van der Waals surface area contributed by atoms with Crippen LogP contribution in [0.4, 0.5) is 0 Å². The standard InChI is InChI=1S/C25H35N3O4S/c1-16(2)10-11-28(12-18(29)14-32-17(3)4)13-22-26-24(30)23-20(15-33-25(23)27-22)19-8-6-7-9-21(19)31-5/h6-9,15-18,29H,10-14H2,1-5H3,(H,26,27,30)/t18-/m1/s1. The molecule has 0 saturated carbocycles. The molecule has 0 amide bonds. The van der Waals surface area contributed by atoms with Crippen LogP contribution >= 0.6 is 11.3 Å². The van der Waals surface area contributed by atoms with E-state index in [0.29, 0.717) is 35.0 Å². The van der Waals surface area contributed by atoms with Crippen LogP contribution in [-0.4, -0.2) is 59.0 Å². The number of benzene rings is 1. The SMILES string of the molecule is COc1ccccc1-c1csc2nc(CN(CCC(C)C)C[C@@H](O)COC(C)C)[nH]c(=O)c12. The largest absolute Gasteiger partial charge is 0.496 e. The molecule has 3 rings (SSSR count). The third-order valence-corrected chi connectivity index (χ3v) is 6.25. The van der Waals surface area contributed by atoms with Crippen LogP contribution in [0.25, 0.3) is 21.3 Å². The molecule has 0 unspecified atom stereocenters. The van der Waals surface area contributed by atoms with E-state index in [2.05, 4.69) is 23.7 Å². The maximum absolute atomic E-state index is 13.1. The summed E-state index contributed by atoms with van der Waals surface area (Å²) in [5, 5.41) is 13.0. The molecule has 1 aromatic carbocycles. The van der Waals surface area contributed by atoms with E-state index < -0.39 is 6.10 Å². The Morgan fingerprint density at radius 1 is 1.18 bits per heavy atom. The number of rotatable bonds is 12. The van der Waals surface area contributed by atoms with Crippen LogP contribution in [0.15, 0.2) is 34.4 Å². The molecule has 0 fully saturated rings. The van der Waals surface area contributed by atoms with Gasteiger partial charge in [0.15, 0.2) is 0 Å². The molecular formula is C25H35N3O4S. The number of aliphatic hydroxyl groups is 1. The number of methoxy groups -OCH3 is 1. The molecule has 3 aromatic rings. The van der Waals surface area contributed by atoms with Gasteiger partial charge in [0, 0.05) is 23.1 Å². The number of ether oxygens (including phenoxy) is 2. The third-order valence-electron chi connectivity index (χ3n) is 5.38. The number of hydrogen-bond donors (Lipinski definition) is 2. The van der Waals surface area contributed by atoms with E-state index in [0.717, 1.165) is 29.8 Å². The smallest absolute Gasteiger partial charge is 0.260 e. The Bertz CT molecular complexity index is 1090. The molecule has 0 bridgehead atoms. The van der Waals surface area contributed by atoms with E-state index in [4.69, 9.17) is 14.5 Å². The molecule has 2 aromatic heterocycles. The molecule has 0 radical (unpaired) electrons. The summed E-state index contributed by atoms with van der Waals surface area (Å²) in [6, 6.07) is 7.67. The van der Waals surface area contributed by atoms with Crippen molar-refractivity contribution in [2.45, 2.75) is 52.9 Å². The zero-order valence-electron chi connectivity index (χ0n) is 20.1. The van der Waals surface area contributed by atoms with E-state index in [1.54, 1.807) is 7.11 Å². The van der Waals surface area contributed by atoms with Crippen molar-refractivity contribution in [1.29, 1.82) is 0 Å². The highest BCUT2D eigenvalue weighted by Gasteiger charge is 2.18. The molecule has 33 heavy (non-hydrogen) atoms. The van der Waals surface area contributed by atoms with Gasteiger partial charge in [-0.2, -0.15) is 0 Å². The lowest BCUT2D eigenvalue weighted by atomic mass is 10.1. The molecule has 1 atom stereocenters. The van der Waals surface area contributed by atoms with E-state index in [1.165, 1.54) is 11.3 Å². The van der Waals surface area contributed by atoms with Crippen molar-refractivity contribution < 1.29 is 14.6 Å². The zero-order valence-corrected chi connectivity index (χ0v) is 20.9. The number of thiophene rings is 1. The Morgan fingerprint density at radius 3 is 2.64 bits per heavy atom. The summed E-state index contributed by atoms with van der Waals surface area (Å²) in [4.78, 5) is 23.6. The first-order chi connectivity index (χ1) is 15.8. The van der Waals surface area contributed by atoms with Crippen molar-refractivity contribution in [3.05, 3.63) is 45.8 Å². The minimum atomic E-state index is -0.603. The van der Waals surface area contributed by atoms with Crippen LogP contribution in [0.1, 0.15) is 39.9 Å². The highest BCUT2D eigenvalue weighted by molar-refractivity contribution is 7.17. The Kier molecular flexibility index (Phi) is 9.02. The van der Waals surface area contributed by atoms with E-state index in [9.17, 15) is 9.90 Å². The molecule has 2 heterocycles. The van der Waals surface area contributed by atoms with Gasteiger partial charge in [-0.3, -0.25) is 9.69 Å². The number of fused-ring (bicyclic) bond motifs is 1. The maximum atomic E-state index is 13.1. The van der Waals surface area contributed by atoms with E-state index >= 15 is 0 Å². The molecule has 0 spiro atoms. The van der Waals surface area contributed by atoms with Gasteiger partial charge < -0.3 is 19.6 Å². The minimum Gasteiger partial charge on any atom is -0.496 e. The Hall–Kier alpha value is -2.26. The lowest BCUT2D eigenvalue weighted by Gasteiger charge is -2.25.